The zero-order chi connectivity index (χ0) is 30.3. The number of hydrogen-bond acceptors (Lipinski definition) is 5. The first-order valence-electron chi connectivity index (χ1n) is 16.6. The average Bonchev–Trinajstić information content (AvgIpc) is 2.95. The zero-order valence-electron chi connectivity index (χ0n) is 27.0. The quantitative estimate of drug-likeness (QED) is 0.292. The Bertz CT molecular complexity index is 1230. The van der Waals surface area contributed by atoms with E-state index >= 15 is 0 Å². The summed E-state index contributed by atoms with van der Waals surface area (Å²) in [6.45, 7) is 17.7. The largest absolute Gasteiger partial charge is 0.461 e. The van der Waals surface area contributed by atoms with Gasteiger partial charge in [0.1, 0.15) is 6.61 Å². The van der Waals surface area contributed by atoms with Crippen LogP contribution in [0.15, 0.2) is 42.0 Å². The molecular formula is C37H54O5. The fraction of sp³-hybridized carbons (Fsp3) is 0.757. The average molecular weight is 579 g/mol. The Morgan fingerprint density at radius 1 is 1.00 bits per heavy atom. The lowest BCUT2D eigenvalue weighted by Crippen LogP contribution is -2.69. The lowest BCUT2D eigenvalue weighted by atomic mass is 9.34. The van der Waals surface area contributed by atoms with E-state index in [2.05, 4.69) is 54.5 Å². The topological polar surface area (TPSA) is 76.0 Å². The van der Waals surface area contributed by atoms with Gasteiger partial charge in [0.15, 0.2) is 0 Å². The maximum absolute atomic E-state index is 14.5. The molecular weight excluding hydrogens is 524 g/mol. The molecule has 42 heavy (non-hydrogen) atoms. The third kappa shape index (κ3) is 4.01. The van der Waals surface area contributed by atoms with Crippen LogP contribution in [0.4, 0.5) is 0 Å². The second kappa shape index (κ2) is 10.2. The minimum absolute atomic E-state index is 0.0456. The van der Waals surface area contributed by atoms with Crippen LogP contribution >= 0.6 is 0 Å². The third-order valence-electron chi connectivity index (χ3n) is 14.3. The lowest BCUT2D eigenvalue weighted by molar-refractivity contribution is -0.253. The van der Waals surface area contributed by atoms with E-state index in [9.17, 15) is 15.0 Å². The van der Waals surface area contributed by atoms with Crippen LogP contribution in [0, 0.1) is 56.7 Å². The van der Waals surface area contributed by atoms with Gasteiger partial charge in [0.05, 0.1) is 31.3 Å². The number of benzene rings is 1. The summed E-state index contributed by atoms with van der Waals surface area (Å²) in [5.74, 6) is 1.19. The first-order chi connectivity index (χ1) is 19.7. The first kappa shape index (κ1) is 30.3. The molecule has 1 aromatic carbocycles. The van der Waals surface area contributed by atoms with Crippen LogP contribution in [0.2, 0.25) is 0 Å². The van der Waals surface area contributed by atoms with Gasteiger partial charge in [-0.25, -0.2) is 0 Å². The molecule has 1 heterocycles. The molecule has 0 amide bonds. The smallest absolute Gasteiger partial charge is 0.310 e. The van der Waals surface area contributed by atoms with E-state index in [1.807, 2.05) is 30.3 Å². The predicted molar refractivity (Wildman–Crippen MR) is 164 cm³/mol. The zero-order valence-corrected chi connectivity index (χ0v) is 27.0. The highest BCUT2D eigenvalue weighted by Gasteiger charge is 2.71. The van der Waals surface area contributed by atoms with Crippen molar-refractivity contribution < 1.29 is 24.5 Å². The Balaban J connectivity index is 1.42. The number of aliphatic hydroxyl groups is 2. The Morgan fingerprint density at radius 2 is 1.71 bits per heavy atom. The molecule has 1 saturated heterocycles. The maximum Gasteiger partial charge on any atom is 0.310 e. The first-order valence-corrected chi connectivity index (χ1v) is 16.6. The molecule has 5 nitrogen and oxygen atoms in total. The van der Waals surface area contributed by atoms with Gasteiger partial charge in [-0.1, -0.05) is 90.4 Å². The van der Waals surface area contributed by atoms with Gasteiger partial charge in [-0.05, 0) is 84.0 Å². The summed E-state index contributed by atoms with van der Waals surface area (Å²) in [7, 11) is 0. The fourth-order valence-corrected chi connectivity index (χ4v) is 11.4. The van der Waals surface area contributed by atoms with Gasteiger partial charge in [0.2, 0.25) is 0 Å². The summed E-state index contributed by atoms with van der Waals surface area (Å²) in [5.41, 5.74) is 1.27. The molecule has 2 bridgehead atoms. The van der Waals surface area contributed by atoms with Gasteiger partial charge < -0.3 is 19.7 Å². The molecule has 0 spiro atoms. The number of carbonyl (C=O) groups is 1. The molecule has 11 atom stereocenters. The summed E-state index contributed by atoms with van der Waals surface area (Å²) < 4.78 is 12.5. The molecule has 3 saturated carbocycles. The molecule has 2 N–H and O–H groups in total. The summed E-state index contributed by atoms with van der Waals surface area (Å²) >= 11 is 0. The van der Waals surface area contributed by atoms with E-state index in [0.29, 0.717) is 49.9 Å². The molecule has 1 aromatic rings. The van der Waals surface area contributed by atoms with Crippen LogP contribution in [0.1, 0.15) is 92.6 Å². The van der Waals surface area contributed by atoms with Gasteiger partial charge in [0.25, 0.3) is 0 Å². The Morgan fingerprint density at radius 3 is 2.40 bits per heavy atom. The maximum atomic E-state index is 14.5. The van der Waals surface area contributed by atoms with Crippen molar-refractivity contribution in [2.24, 2.45) is 56.7 Å². The summed E-state index contributed by atoms with van der Waals surface area (Å²) in [6.07, 6.45) is 6.53. The second-order valence-electron chi connectivity index (χ2n) is 16.3. The highest BCUT2D eigenvalue weighted by Crippen LogP contribution is 2.74. The van der Waals surface area contributed by atoms with Gasteiger partial charge >= 0.3 is 5.97 Å². The van der Waals surface area contributed by atoms with Gasteiger partial charge in [0, 0.05) is 10.8 Å². The number of carbonyl (C=O) groups excluding carboxylic acids is 1. The Labute approximate surface area is 253 Å². The second-order valence-corrected chi connectivity index (χ2v) is 16.3. The SMILES string of the molecule is CC(C)[C@@H](C)[C@@]1(C)CC[C@]2(C)[C@H]3CCC4C5(C)COC[C@@]4(C[C@@H](O)[C@@H]5O)C3=CC[C@@]2(C)[C@@H]1C(=O)OCc1ccccc1. The number of hydrogen-bond donors (Lipinski definition) is 2. The molecule has 5 heteroatoms. The predicted octanol–water partition coefficient (Wildman–Crippen LogP) is 6.96. The van der Waals surface area contributed by atoms with Gasteiger partial charge in [-0.3, -0.25) is 4.79 Å². The number of ether oxygens (including phenoxy) is 2. The van der Waals surface area contributed by atoms with E-state index in [-0.39, 0.29) is 33.5 Å². The molecule has 6 rings (SSSR count). The number of aliphatic hydroxyl groups excluding tert-OH is 2. The molecule has 4 aliphatic carbocycles. The van der Waals surface area contributed by atoms with Crippen molar-refractivity contribution >= 4 is 5.97 Å². The fourth-order valence-electron chi connectivity index (χ4n) is 11.4. The van der Waals surface area contributed by atoms with Crippen molar-refractivity contribution in [2.75, 3.05) is 13.2 Å². The van der Waals surface area contributed by atoms with Crippen LogP contribution in [-0.2, 0) is 20.9 Å². The monoisotopic (exact) mass is 578 g/mol. The highest BCUT2D eigenvalue weighted by molar-refractivity contribution is 5.75. The van der Waals surface area contributed by atoms with Crippen molar-refractivity contribution in [3.63, 3.8) is 0 Å². The number of allylic oxidation sites excluding steroid dienone is 1. The van der Waals surface area contributed by atoms with Crippen LogP contribution < -0.4 is 0 Å². The molecule has 5 aliphatic rings. The van der Waals surface area contributed by atoms with Gasteiger partial charge in [-0.2, -0.15) is 0 Å². The van der Waals surface area contributed by atoms with E-state index in [0.717, 1.165) is 37.7 Å². The lowest BCUT2D eigenvalue weighted by Gasteiger charge is -2.71. The van der Waals surface area contributed by atoms with Crippen LogP contribution in [-0.4, -0.2) is 41.6 Å². The number of fused-ring (bicyclic) bond motifs is 3. The molecule has 0 aromatic heterocycles. The van der Waals surface area contributed by atoms with Crippen LogP contribution in [0.25, 0.3) is 0 Å². The summed E-state index contributed by atoms with van der Waals surface area (Å²) in [6, 6.07) is 10.0. The molecule has 4 fully saturated rings. The minimum Gasteiger partial charge on any atom is -0.461 e. The van der Waals surface area contributed by atoms with E-state index in [1.165, 1.54) is 5.57 Å². The van der Waals surface area contributed by atoms with Crippen molar-refractivity contribution in [2.45, 2.75) is 106 Å². The number of esters is 1. The Hall–Kier alpha value is -1.69. The molecule has 0 radical (unpaired) electrons. The minimum atomic E-state index is -0.755. The third-order valence-corrected chi connectivity index (χ3v) is 14.3. The standard InChI is InChI=1S/C37H54O5/c1-23(2)24(3)33(4)17-18-35(6)26-13-14-29-34(5)21-41-22-37(29,19-28(38)31(34)39)27(26)15-16-36(35,7)30(33)32(40)42-20-25-11-9-8-10-12-25/h8-12,15,23-24,26,28-31,38-39H,13-14,16-22H2,1-7H3/t24-,26+,28-,29?,30-,31+,33-,34?,35-,36+,37+/m1/s1. The highest BCUT2D eigenvalue weighted by atomic mass is 16.5. The van der Waals surface area contributed by atoms with E-state index < -0.39 is 17.6 Å². The van der Waals surface area contributed by atoms with E-state index in [4.69, 9.17) is 9.47 Å². The number of rotatable bonds is 5. The molecule has 1 aliphatic heterocycles. The van der Waals surface area contributed by atoms with E-state index in [1.54, 1.807) is 0 Å². The summed E-state index contributed by atoms with van der Waals surface area (Å²) in [5, 5.41) is 22.3. The Kier molecular flexibility index (Phi) is 7.35. The van der Waals surface area contributed by atoms with Crippen molar-refractivity contribution in [1.29, 1.82) is 0 Å². The van der Waals surface area contributed by atoms with Crippen molar-refractivity contribution in [3.05, 3.63) is 47.5 Å². The molecule has 232 valence electrons. The van der Waals surface area contributed by atoms with Crippen LogP contribution in [0.3, 0.4) is 0 Å². The van der Waals surface area contributed by atoms with Crippen molar-refractivity contribution in [1.82, 2.24) is 0 Å². The van der Waals surface area contributed by atoms with Crippen molar-refractivity contribution in [3.8, 4) is 0 Å². The molecule has 2 unspecified atom stereocenters. The van der Waals surface area contributed by atoms with Crippen LogP contribution in [0.5, 0.6) is 0 Å². The summed E-state index contributed by atoms with van der Waals surface area (Å²) in [4.78, 5) is 14.5. The normalized spacial score (nSPS) is 47.0. The van der Waals surface area contributed by atoms with Gasteiger partial charge in [-0.15, -0.1) is 0 Å².